The minimum atomic E-state index is -1.61. The van der Waals surface area contributed by atoms with Gasteiger partial charge in [-0.2, -0.15) is 0 Å². The van der Waals surface area contributed by atoms with E-state index in [1.165, 1.54) is 9.80 Å². The molecule has 0 radical (unpaired) electrons. The molecule has 1 aromatic carbocycles. The molecular weight excluding hydrogens is 393 g/mol. The Labute approximate surface area is 163 Å². The number of morpholine rings is 1. The molecule has 1 atom stereocenters. The van der Waals surface area contributed by atoms with Crippen molar-refractivity contribution in [1.82, 2.24) is 10.1 Å². The fraction of sp³-hybridized carbons (Fsp3) is 0.389. The van der Waals surface area contributed by atoms with E-state index in [0.717, 1.165) is 0 Å². The first kappa shape index (κ1) is 19.2. The lowest BCUT2D eigenvalue weighted by Gasteiger charge is -2.33. The molecular formula is C18H17F3N4O4. The molecule has 1 N–H and O–H groups in total. The maximum absolute atomic E-state index is 13.4. The monoisotopic (exact) mass is 410 g/mol. The van der Waals surface area contributed by atoms with Crippen molar-refractivity contribution in [1.29, 1.82) is 0 Å². The average molecular weight is 410 g/mol. The van der Waals surface area contributed by atoms with Crippen molar-refractivity contribution in [3.05, 3.63) is 40.8 Å². The molecule has 0 spiro atoms. The topological polar surface area (TPSA) is 87.9 Å². The smallest absolute Gasteiger partial charge is 0.322 e. The molecule has 2 aromatic rings. The van der Waals surface area contributed by atoms with Crippen molar-refractivity contribution < 1.29 is 32.0 Å². The van der Waals surface area contributed by atoms with Crippen LogP contribution >= 0.6 is 0 Å². The number of aromatic nitrogens is 1. The molecule has 2 aliphatic heterocycles. The van der Waals surface area contributed by atoms with Crippen molar-refractivity contribution in [3.8, 4) is 0 Å². The van der Waals surface area contributed by atoms with Crippen LogP contribution in [0.3, 0.4) is 0 Å². The Hall–Kier alpha value is -3.08. The number of urea groups is 1. The fourth-order valence-corrected chi connectivity index (χ4v) is 3.41. The lowest BCUT2D eigenvalue weighted by molar-refractivity contribution is -0.126. The third kappa shape index (κ3) is 3.53. The van der Waals surface area contributed by atoms with E-state index < -0.39 is 23.5 Å². The van der Waals surface area contributed by atoms with Crippen LogP contribution in [0, 0.1) is 17.5 Å². The minimum absolute atomic E-state index is 0.0717. The van der Waals surface area contributed by atoms with Gasteiger partial charge in [0, 0.05) is 30.3 Å². The number of nitrogens with zero attached hydrogens (tertiary/aromatic N) is 3. The largest absolute Gasteiger partial charge is 0.370 e. The van der Waals surface area contributed by atoms with E-state index >= 15 is 0 Å². The number of benzene rings is 1. The zero-order valence-electron chi connectivity index (χ0n) is 15.4. The highest BCUT2D eigenvalue weighted by atomic mass is 19.2. The molecule has 1 unspecified atom stereocenters. The highest BCUT2D eigenvalue weighted by Gasteiger charge is 2.35. The Morgan fingerprint density at radius 1 is 1.28 bits per heavy atom. The van der Waals surface area contributed by atoms with E-state index in [1.807, 2.05) is 0 Å². The second-order valence-corrected chi connectivity index (χ2v) is 6.88. The minimum Gasteiger partial charge on any atom is -0.370 e. The molecule has 0 aliphatic carbocycles. The van der Waals surface area contributed by atoms with E-state index in [-0.39, 0.29) is 36.7 Å². The second kappa shape index (κ2) is 7.39. The molecule has 1 saturated heterocycles. The van der Waals surface area contributed by atoms with Gasteiger partial charge in [0.2, 0.25) is 5.88 Å². The van der Waals surface area contributed by atoms with Gasteiger partial charge in [-0.05, 0) is 6.92 Å². The van der Waals surface area contributed by atoms with E-state index in [0.29, 0.717) is 43.0 Å². The maximum Gasteiger partial charge on any atom is 0.322 e. The van der Waals surface area contributed by atoms with E-state index in [1.54, 1.807) is 6.92 Å². The first-order chi connectivity index (χ1) is 13.8. The summed E-state index contributed by atoms with van der Waals surface area (Å²) in [5.41, 5.74) is 1.01. The van der Waals surface area contributed by atoms with Crippen LogP contribution in [0.25, 0.3) is 0 Å². The number of rotatable bonds is 2. The average Bonchev–Trinajstić information content (AvgIpc) is 3.08. The van der Waals surface area contributed by atoms with Crippen LogP contribution < -0.4 is 10.2 Å². The standard InChI is InChI=1S/C18H17F3N4O4/c1-9-4-14-11(17(29-23-14)24-2-3-28-8-15(24)26)7-25(9)18(27)22-10-5-12(19)16(21)13(20)6-10/h5-6,9H,2-4,7-8H2,1H3,(H,22,27). The number of ether oxygens (including phenoxy) is 1. The van der Waals surface area contributed by atoms with Gasteiger partial charge in [0.1, 0.15) is 6.61 Å². The molecule has 29 heavy (non-hydrogen) atoms. The van der Waals surface area contributed by atoms with E-state index in [2.05, 4.69) is 10.5 Å². The van der Waals surface area contributed by atoms with Gasteiger partial charge in [-0.15, -0.1) is 0 Å². The molecule has 3 amide bonds. The Morgan fingerprint density at radius 3 is 2.69 bits per heavy atom. The summed E-state index contributed by atoms with van der Waals surface area (Å²) in [6.45, 7) is 2.44. The summed E-state index contributed by atoms with van der Waals surface area (Å²) in [4.78, 5) is 27.6. The Morgan fingerprint density at radius 2 is 2.00 bits per heavy atom. The van der Waals surface area contributed by atoms with Gasteiger partial charge in [0.05, 0.1) is 31.0 Å². The molecule has 0 saturated carbocycles. The molecule has 1 aromatic heterocycles. The Bertz CT molecular complexity index is 957. The van der Waals surface area contributed by atoms with Crippen LogP contribution in [0.15, 0.2) is 16.7 Å². The Kier molecular flexibility index (Phi) is 4.91. The summed E-state index contributed by atoms with van der Waals surface area (Å²) >= 11 is 0. The van der Waals surface area contributed by atoms with Crippen LogP contribution in [-0.4, -0.2) is 47.8 Å². The van der Waals surface area contributed by atoms with Gasteiger partial charge < -0.3 is 19.5 Å². The van der Waals surface area contributed by atoms with Gasteiger partial charge in [-0.3, -0.25) is 9.69 Å². The SMILES string of the molecule is CC1Cc2noc(N3CCOCC3=O)c2CN1C(=O)Nc1cc(F)c(F)c(F)c1. The number of hydrogen-bond donors (Lipinski definition) is 1. The third-order valence-corrected chi connectivity index (χ3v) is 4.93. The number of amides is 3. The van der Waals surface area contributed by atoms with E-state index in [9.17, 15) is 22.8 Å². The second-order valence-electron chi connectivity index (χ2n) is 6.88. The molecule has 3 heterocycles. The number of hydrogen-bond acceptors (Lipinski definition) is 5. The Balaban J connectivity index is 1.56. The lowest BCUT2D eigenvalue weighted by Crippen LogP contribution is -2.46. The number of fused-ring (bicyclic) bond motifs is 1. The molecule has 2 aliphatic rings. The van der Waals surface area contributed by atoms with Crippen molar-refractivity contribution >= 4 is 23.5 Å². The predicted molar refractivity (Wildman–Crippen MR) is 93.7 cm³/mol. The van der Waals surface area contributed by atoms with Crippen molar-refractivity contribution in [2.75, 3.05) is 30.0 Å². The van der Waals surface area contributed by atoms with Gasteiger partial charge in [0.15, 0.2) is 17.5 Å². The predicted octanol–water partition coefficient (Wildman–Crippen LogP) is 2.43. The number of nitrogens with one attached hydrogen (secondary N) is 1. The van der Waals surface area contributed by atoms with E-state index in [4.69, 9.17) is 9.26 Å². The highest BCUT2D eigenvalue weighted by molar-refractivity contribution is 5.94. The number of anilines is 2. The normalized spacial score (nSPS) is 19.3. The van der Waals surface area contributed by atoms with Crippen molar-refractivity contribution in [3.63, 3.8) is 0 Å². The van der Waals surface area contributed by atoms with Gasteiger partial charge in [-0.1, -0.05) is 5.16 Å². The van der Waals surface area contributed by atoms with Crippen LogP contribution in [0.2, 0.25) is 0 Å². The van der Waals surface area contributed by atoms with Crippen molar-refractivity contribution in [2.24, 2.45) is 0 Å². The first-order valence-electron chi connectivity index (χ1n) is 8.93. The fourth-order valence-electron chi connectivity index (χ4n) is 3.41. The van der Waals surface area contributed by atoms with Crippen LogP contribution in [0.5, 0.6) is 0 Å². The zero-order valence-corrected chi connectivity index (χ0v) is 15.4. The number of halogens is 3. The van der Waals surface area contributed by atoms with Crippen LogP contribution in [0.1, 0.15) is 18.2 Å². The number of carbonyl (C=O) groups is 2. The molecule has 11 heteroatoms. The first-order valence-corrected chi connectivity index (χ1v) is 8.93. The van der Waals surface area contributed by atoms with Crippen molar-refractivity contribution in [2.45, 2.75) is 25.9 Å². The van der Waals surface area contributed by atoms with Crippen LogP contribution in [0.4, 0.5) is 29.5 Å². The summed E-state index contributed by atoms with van der Waals surface area (Å²) in [7, 11) is 0. The summed E-state index contributed by atoms with van der Waals surface area (Å²) in [5, 5.41) is 6.39. The zero-order chi connectivity index (χ0) is 20.7. The highest BCUT2D eigenvalue weighted by Crippen LogP contribution is 2.32. The third-order valence-electron chi connectivity index (χ3n) is 4.93. The molecule has 8 nitrogen and oxygen atoms in total. The summed E-state index contributed by atoms with van der Waals surface area (Å²) in [6, 6.07) is 0.478. The van der Waals surface area contributed by atoms with Gasteiger partial charge in [-0.25, -0.2) is 18.0 Å². The molecule has 4 rings (SSSR count). The quantitative estimate of drug-likeness (QED) is 0.769. The lowest BCUT2D eigenvalue weighted by atomic mass is 10.0. The number of carbonyl (C=O) groups excluding carboxylic acids is 2. The summed E-state index contributed by atoms with van der Waals surface area (Å²) in [5.74, 6) is -4.43. The van der Waals surface area contributed by atoms with Gasteiger partial charge >= 0.3 is 6.03 Å². The van der Waals surface area contributed by atoms with Gasteiger partial charge in [0.25, 0.3) is 5.91 Å². The molecule has 154 valence electrons. The maximum atomic E-state index is 13.4. The molecule has 0 bridgehead atoms. The van der Waals surface area contributed by atoms with Crippen LogP contribution in [-0.2, 0) is 22.5 Å². The summed E-state index contributed by atoms with van der Waals surface area (Å²) < 4.78 is 50.4. The summed E-state index contributed by atoms with van der Waals surface area (Å²) in [6.07, 6.45) is 0.372. The molecule has 1 fully saturated rings.